The van der Waals surface area contributed by atoms with Crippen LogP contribution in [0.15, 0.2) is 53.9 Å². The SMILES string of the molecule is CCc1ccc(-c2nc(C(=O)N3C[C@@H](C(=O)NC)Oc4ccccc43)cs2)cc1. The summed E-state index contributed by atoms with van der Waals surface area (Å²) in [4.78, 5) is 31.5. The molecule has 0 fully saturated rings. The summed E-state index contributed by atoms with van der Waals surface area (Å²) in [5, 5.41) is 5.14. The Morgan fingerprint density at radius 3 is 2.69 bits per heavy atom. The van der Waals surface area contributed by atoms with Crippen molar-refractivity contribution in [2.75, 3.05) is 18.5 Å². The number of anilines is 1. The first-order valence-corrected chi connectivity index (χ1v) is 10.3. The number of aromatic nitrogens is 1. The number of carbonyl (C=O) groups excluding carboxylic acids is 2. The van der Waals surface area contributed by atoms with Crippen molar-refractivity contribution >= 4 is 28.8 Å². The lowest BCUT2D eigenvalue weighted by atomic mass is 10.1. The maximum atomic E-state index is 13.2. The van der Waals surface area contributed by atoms with E-state index in [4.69, 9.17) is 4.74 Å². The Morgan fingerprint density at radius 1 is 1.21 bits per heavy atom. The molecule has 0 aliphatic carbocycles. The van der Waals surface area contributed by atoms with Crippen LogP contribution in [0.4, 0.5) is 5.69 Å². The third-order valence-electron chi connectivity index (χ3n) is 4.89. The molecule has 0 saturated carbocycles. The highest BCUT2D eigenvalue weighted by atomic mass is 32.1. The molecular weight excluding hydrogens is 386 g/mol. The zero-order chi connectivity index (χ0) is 20.4. The second-order valence-electron chi connectivity index (χ2n) is 6.69. The van der Waals surface area contributed by atoms with Gasteiger partial charge in [-0.05, 0) is 24.1 Å². The fraction of sp³-hybridized carbons (Fsp3) is 0.227. The van der Waals surface area contributed by atoms with Crippen LogP contribution in [0.3, 0.4) is 0 Å². The van der Waals surface area contributed by atoms with Gasteiger partial charge in [-0.25, -0.2) is 4.98 Å². The summed E-state index contributed by atoms with van der Waals surface area (Å²) < 4.78 is 5.77. The molecule has 0 radical (unpaired) electrons. The quantitative estimate of drug-likeness (QED) is 0.718. The number of fused-ring (bicyclic) bond motifs is 1. The first-order chi connectivity index (χ1) is 14.1. The van der Waals surface area contributed by atoms with Crippen molar-refractivity contribution in [2.45, 2.75) is 19.4 Å². The Labute approximate surface area is 173 Å². The Balaban J connectivity index is 1.63. The summed E-state index contributed by atoms with van der Waals surface area (Å²) >= 11 is 1.43. The molecule has 1 N–H and O–H groups in total. The summed E-state index contributed by atoms with van der Waals surface area (Å²) in [6, 6.07) is 15.4. The number of nitrogens with zero attached hydrogens (tertiary/aromatic N) is 2. The fourth-order valence-corrected chi connectivity index (χ4v) is 4.05. The minimum atomic E-state index is -0.765. The van der Waals surface area contributed by atoms with Crippen LogP contribution in [-0.2, 0) is 11.2 Å². The summed E-state index contributed by atoms with van der Waals surface area (Å²) in [5.74, 6) is -0.0130. The number of ether oxygens (including phenoxy) is 1. The first kappa shape index (κ1) is 19.1. The van der Waals surface area contributed by atoms with Gasteiger partial charge in [0, 0.05) is 18.0 Å². The van der Waals surface area contributed by atoms with Crippen LogP contribution in [0.5, 0.6) is 5.75 Å². The Kier molecular flexibility index (Phi) is 5.31. The van der Waals surface area contributed by atoms with Crippen molar-refractivity contribution in [3.05, 3.63) is 65.2 Å². The van der Waals surface area contributed by atoms with Crippen LogP contribution < -0.4 is 15.0 Å². The summed E-state index contributed by atoms with van der Waals surface area (Å²) in [6.45, 7) is 2.25. The van der Waals surface area contributed by atoms with Gasteiger partial charge in [-0.1, -0.05) is 43.3 Å². The van der Waals surface area contributed by atoms with E-state index in [1.807, 2.05) is 30.3 Å². The summed E-state index contributed by atoms with van der Waals surface area (Å²) in [5.41, 5.74) is 3.24. The number of hydrogen-bond donors (Lipinski definition) is 1. The number of likely N-dealkylation sites (N-methyl/N-ethyl adjacent to an activating group) is 1. The molecule has 1 aromatic heterocycles. The van der Waals surface area contributed by atoms with Gasteiger partial charge in [0.2, 0.25) is 0 Å². The lowest BCUT2D eigenvalue weighted by Gasteiger charge is -2.33. The minimum Gasteiger partial charge on any atom is -0.477 e. The molecule has 2 heterocycles. The second kappa shape index (κ2) is 8.05. The molecule has 2 amide bonds. The highest BCUT2D eigenvalue weighted by Gasteiger charge is 2.34. The highest BCUT2D eigenvalue weighted by Crippen LogP contribution is 2.34. The van der Waals surface area contributed by atoms with E-state index in [0.29, 0.717) is 17.1 Å². The maximum Gasteiger partial charge on any atom is 0.278 e. The van der Waals surface area contributed by atoms with Gasteiger partial charge in [-0.15, -0.1) is 11.3 Å². The standard InChI is InChI=1S/C22H21N3O3S/c1-3-14-8-10-15(11-9-14)21-24-16(13-29-21)22(27)25-12-19(20(26)23-2)28-18-7-5-4-6-17(18)25/h4-11,13,19H,3,12H2,1-2H3,(H,23,26)/t19-/m0/s1. The number of thiazole rings is 1. The molecular formula is C22H21N3O3S. The highest BCUT2D eigenvalue weighted by molar-refractivity contribution is 7.13. The van der Waals surface area contributed by atoms with Crippen molar-refractivity contribution in [2.24, 2.45) is 0 Å². The third-order valence-corrected chi connectivity index (χ3v) is 5.78. The largest absolute Gasteiger partial charge is 0.477 e. The third kappa shape index (κ3) is 3.73. The predicted molar refractivity (Wildman–Crippen MR) is 114 cm³/mol. The molecule has 2 aromatic carbocycles. The molecule has 0 saturated heterocycles. The van der Waals surface area contributed by atoms with Crippen LogP contribution >= 0.6 is 11.3 Å². The molecule has 3 aromatic rings. The van der Waals surface area contributed by atoms with E-state index < -0.39 is 6.10 Å². The van der Waals surface area contributed by atoms with Crippen LogP contribution in [0.2, 0.25) is 0 Å². The second-order valence-corrected chi connectivity index (χ2v) is 7.55. The average Bonchev–Trinajstić information content (AvgIpc) is 3.27. The lowest BCUT2D eigenvalue weighted by molar-refractivity contribution is -0.127. The number of rotatable bonds is 4. The topological polar surface area (TPSA) is 71.5 Å². The van der Waals surface area contributed by atoms with E-state index >= 15 is 0 Å². The van der Waals surface area contributed by atoms with Crippen LogP contribution in [0.25, 0.3) is 10.6 Å². The molecule has 4 rings (SSSR count). The number of benzene rings is 2. The first-order valence-electron chi connectivity index (χ1n) is 9.44. The van der Waals surface area contributed by atoms with Crippen molar-refractivity contribution in [1.82, 2.24) is 10.3 Å². The molecule has 7 heteroatoms. The van der Waals surface area contributed by atoms with Gasteiger partial charge in [0.15, 0.2) is 6.10 Å². The van der Waals surface area contributed by atoms with Gasteiger partial charge in [0.05, 0.1) is 12.2 Å². The number of nitrogens with one attached hydrogen (secondary N) is 1. The Bertz CT molecular complexity index is 1050. The van der Waals surface area contributed by atoms with Gasteiger partial charge >= 0.3 is 0 Å². The van der Waals surface area contributed by atoms with Gasteiger partial charge in [-0.2, -0.15) is 0 Å². The van der Waals surface area contributed by atoms with Crippen LogP contribution in [0.1, 0.15) is 23.0 Å². The zero-order valence-electron chi connectivity index (χ0n) is 16.2. The molecule has 6 nitrogen and oxygen atoms in total. The number of aryl methyl sites for hydroxylation is 1. The lowest BCUT2D eigenvalue weighted by Crippen LogP contribution is -2.50. The van der Waals surface area contributed by atoms with Gasteiger partial charge in [-0.3, -0.25) is 14.5 Å². The van der Waals surface area contributed by atoms with Crippen LogP contribution in [-0.4, -0.2) is 36.5 Å². The molecule has 0 bridgehead atoms. The van der Waals surface area contributed by atoms with E-state index in [1.165, 1.54) is 16.9 Å². The van der Waals surface area contributed by atoms with Crippen molar-refractivity contribution < 1.29 is 14.3 Å². The van der Waals surface area contributed by atoms with Gasteiger partial charge in [0.1, 0.15) is 16.5 Å². The fourth-order valence-electron chi connectivity index (χ4n) is 3.25. The summed E-state index contributed by atoms with van der Waals surface area (Å²) in [6.07, 6.45) is 0.212. The number of carbonyl (C=O) groups is 2. The molecule has 0 unspecified atom stereocenters. The van der Waals surface area contributed by atoms with E-state index in [0.717, 1.165) is 17.0 Å². The Morgan fingerprint density at radius 2 is 1.97 bits per heavy atom. The van der Waals surface area contributed by atoms with Crippen molar-refractivity contribution in [1.29, 1.82) is 0 Å². The predicted octanol–water partition coefficient (Wildman–Crippen LogP) is 3.53. The average molecular weight is 407 g/mol. The Hall–Kier alpha value is -3.19. The number of amides is 2. The normalized spacial score (nSPS) is 15.4. The summed E-state index contributed by atoms with van der Waals surface area (Å²) in [7, 11) is 1.55. The number of para-hydroxylation sites is 2. The molecule has 29 heavy (non-hydrogen) atoms. The zero-order valence-corrected chi connectivity index (χ0v) is 17.0. The monoisotopic (exact) mass is 407 g/mol. The van der Waals surface area contributed by atoms with Crippen LogP contribution in [0, 0.1) is 0 Å². The molecule has 1 atom stereocenters. The van der Waals surface area contributed by atoms with Crippen molar-refractivity contribution in [3.63, 3.8) is 0 Å². The van der Waals surface area contributed by atoms with E-state index in [9.17, 15) is 9.59 Å². The van der Waals surface area contributed by atoms with Gasteiger partial charge in [0.25, 0.3) is 11.8 Å². The van der Waals surface area contributed by atoms with E-state index in [-0.39, 0.29) is 18.4 Å². The molecule has 1 aliphatic heterocycles. The molecule has 148 valence electrons. The molecule has 1 aliphatic rings. The van der Waals surface area contributed by atoms with E-state index in [2.05, 4.69) is 29.4 Å². The molecule has 0 spiro atoms. The van der Waals surface area contributed by atoms with Gasteiger partial charge < -0.3 is 10.1 Å². The maximum absolute atomic E-state index is 13.2. The minimum absolute atomic E-state index is 0.133. The van der Waals surface area contributed by atoms with E-state index in [1.54, 1.807) is 23.4 Å². The van der Waals surface area contributed by atoms with Crippen molar-refractivity contribution in [3.8, 4) is 16.3 Å². The smallest absolute Gasteiger partial charge is 0.278 e. The number of hydrogen-bond acceptors (Lipinski definition) is 5.